The van der Waals surface area contributed by atoms with E-state index in [0.29, 0.717) is 0 Å². The Balaban J connectivity index is 2.42. The van der Waals surface area contributed by atoms with Gasteiger partial charge in [-0.1, -0.05) is 6.07 Å². The van der Waals surface area contributed by atoms with Crippen LogP contribution in [0.25, 0.3) is 0 Å². The number of ether oxygens (including phenoxy) is 1. The van der Waals surface area contributed by atoms with Crippen molar-refractivity contribution in [2.24, 2.45) is 0 Å². The number of nitrogens with one attached hydrogen (secondary N) is 1. The summed E-state index contributed by atoms with van der Waals surface area (Å²) < 4.78 is 5.32. The fourth-order valence-corrected chi connectivity index (χ4v) is 1.26. The maximum absolute atomic E-state index is 5.32. The molecule has 0 atom stereocenters. The molecule has 0 aromatic carbocycles. The van der Waals surface area contributed by atoms with E-state index in [1.54, 1.807) is 7.11 Å². The smallest absolute Gasteiger partial charge is 0.0746 e. The molecule has 0 unspecified atom stereocenters. The first-order valence-corrected chi connectivity index (χ1v) is 5.21. The molecule has 0 saturated carbocycles. The van der Waals surface area contributed by atoms with Crippen LogP contribution >= 0.6 is 0 Å². The van der Waals surface area contributed by atoms with Crippen molar-refractivity contribution in [3.63, 3.8) is 0 Å². The zero-order chi connectivity index (χ0) is 11.3. The third kappa shape index (κ3) is 3.98. The van der Waals surface area contributed by atoms with Gasteiger partial charge < -0.3 is 10.1 Å². The van der Waals surface area contributed by atoms with Crippen molar-refractivity contribution in [3.8, 4) is 0 Å². The van der Waals surface area contributed by atoms with Gasteiger partial charge in [0.2, 0.25) is 0 Å². The van der Waals surface area contributed by atoms with Gasteiger partial charge in [-0.25, -0.2) is 0 Å². The van der Waals surface area contributed by atoms with Crippen LogP contribution in [-0.4, -0.2) is 24.2 Å². The summed E-state index contributed by atoms with van der Waals surface area (Å²) >= 11 is 0. The highest BCUT2D eigenvalue weighted by Gasteiger charge is 2.15. The van der Waals surface area contributed by atoms with E-state index >= 15 is 0 Å². The molecule has 0 aliphatic carbocycles. The van der Waals surface area contributed by atoms with E-state index in [4.69, 9.17) is 4.74 Å². The van der Waals surface area contributed by atoms with Gasteiger partial charge in [0.15, 0.2) is 0 Å². The van der Waals surface area contributed by atoms with E-state index in [2.05, 4.69) is 37.1 Å². The largest absolute Gasteiger partial charge is 0.377 e. The monoisotopic (exact) mass is 208 g/mol. The maximum Gasteiger partial charge on any atom is 0.0746 e. The van der Waals surface area contributed by atoms with Crippen LogP contribution in [0.4, 0.5) is 0 Å². The third-order valence-corrected chi connectivity index (χ3v) is 2.51. The Hall–Kier alpha value is -0.930. The molecule has 1 aromatic rings. The second kappa shape index (κ2) is 5.24. The predicted octanol–water partition coefficient (Wildman–Crippen LogP) is 1.90. The molecule has 0 aliphatic heterocycles. The molecule has 84 valence electrons. The molecule has 1 aromatic heterocycles. The van der Waals surface area contributed by atoms with E-state index in [0.717, 1.165) is 18.8 Å². The standard InChI is InChI=1S/C12H20N2O/c1-10-6-5-7-14-11(10)8-13-9-12(2,3)15-4/h5-7,13H,8-9H2,1-4H3. The highest BCUT2D eigenvalue weighted by molar-refractivity contribution is 5.17. The summed E-state index contributed by atoms with van der Waals surface area (Å²) in [6.07, 6.45) is 1.82. The molecule has 1 heterocycles. The van der Waals surface area contributed by atoms with E-state index in [1.165, 1.54) is 5.56 Å². The SMILES string of the molecule is COC(C)(C)CNCc1ncccc1C. The van der Waals surface area contributed by atoms with Crippen LogP contribution in [0.3, 0.4) is 0 Å². The first-order chi connectivity index (χ1) is 7.05. The van der Waals surface area contributed by atoms with E-state index in [1.807, 2.05) is 12.3 Å². The zero-order valence-electron chi connectivity index (χ0n) is 10.0. The highest BCUT2D eigenvalue weighted by Crippen LogP contribution is 2.06. The van der Waals surface area contributed by atoms with Crippen molar-refractivity contribution in [1.29, 1.82) is 0 Å². The number of hydrogen-bond donors (Lipinski definition) is 1. The topological polar surface area (TPSA) is 34.1 Å². The average molecular weight is 208 g/mol. The molecule has 15 heavy (non-hydrogen) atoms. The molecule has 0 bridgehead atoms. The van der Waals surface area contributed by atoms with Gasteiger partial charge in [0, 0.05) is 26.4 Å². The van der Waals surface area contributed by atoms with Crippen molar-refractivity contribution in [1.82, 2.24) is 10.3 Å². The maximum atomic E-state index is 5.32. The Morgan fingerprint density at radius 3 is 2.80 bits per heavy atom. The summed E-state index contributed by atoms with van der Waals surface area (Å²) in [7, 11) is 1.73. The number of nitrogens with zero attached hydrogens (tertiary/aromatic N) is 1. The fraction of sp³-hybridized carbons (Fsp3) is 0.583. The van der Waals surface area contributed by atoms with Crippen LogP contribution in [0, 0.1) is 6.92 Å². The molecule has 0 amide bonds. The van der Waals surface area contributed by atoms with Crippen molar-refractivity contribution in [2.45, 2.75) is 32.9 Å². The molecule has 0 aliphatic rings. The van der Waals surface area contributed by atoms with E-state index in [9.17, 15) is 0 Å². The van der Waals surface area contributed by atoms with Gasteiger partial charge in [-0.3, -0.25) is 4.98 Å². The van der Waals surface area contributed by atoms with Crippen LogP contribution in [0.1, 0.15) is 25.1 Å². The molecule has 0 fully saturated rings. The van der Waals surface area contributed by atoms with Crippen molar-refractivity contribution in [3.05, 3.63) is 29.6 Å². The molecule has 0 spiro atoms. The van der Waals surface area contributed by atoms with Gasteiger partial charge in [0.1, 0.15) is 0 Å². The van der Waals surface area contributed by atoms with Gasteiger partial charge in [-0.05, 0) is 32.4 Å². The quantitative estimate of drug-likeness (QED) is 0.802. The Bertz CT molecular complexity index is 310. The zero-order valence-corrected chi connectivity index (χ0v) is 10.0. The Kier molecular flexibility index (Phi) is 4.24. The van der Waals surface area contributed by atoms with Gasteiger partial charge >= 0.3 is 0 Å². The minimum absolute atomic E-state index is 0.122. The van der Waals surface area contributed by atoms with Crippen LogP contribution in [0.15, 0.2) is 18.3 Å². The number of aromatic nitrogens is 1. The molecule has 0 saturated heterocycles. The van der Waals surface area contributed by atoms with Crippen LogP contribution in [-0.2, 0) is 11.3 Å². The Morgan fingerprint density at radius 1 is 1.47 bits per heavy atom. The second-order valence-corrected chi connectivity index (χ2v) is 4.33. The minimum Gasteiger partial charge on any atom is -0.377 e. The fourth-order valence-electron chi connectivity index (χ4n) is 1.26. The van der Waals surface area contributed by atoms with Crippen LogP contribution in [0.5, 0.6) is 0 Å². The predicted molar refractivity (Wildman–Crippen MR) is 61.8 cm³/mol. The number of methoxy groups -OCH3 is 1. The summed E-state index contributed by atoms with van der Waals surface area (Å²) in [6, 6.07) is 4.03. The Labute approximate surface area is 91.9 Å². The molecular formula is C12H20N2O. The summed E-state index contributed by atoms with van der Waals surface area (Å²) in [5, 5.41) is 3.35. The van der Waals surface area contributed by atoms with Gasteiger partial charge in [0.25, 0.3) is 0 Å². The lowest BCUT2D eigenvalue weighted by Gasteiger charge is -2.23. The number of pyridine rings is 1. The lowest BCUT2D eigenvalue weighted by molar-refractivity contribution is 0.0230. The normalized spacial score (nSPS) is 11.7. The van der Waals surface area contributed by atoms with Gasteiger partial charge in [-0.2, -0.15) is 0 Å². The van der Waals surface area contributed by atoms with Crippen LogP contribution < -0.4 is 5.32 Å². The second-order valence-electron chi connectivity index (χ2n) is 4.33. The Morgan fingerprint density at radius 2 is 2.20 bits per heavy atom. The molecule has 3 heteroatoms. The van der Waals surface area contributed by atoms with E-state index in [-0.39, 0.29) is 5.60 Å². The van der Waals surface area contributed by atoms with Crippen LogP contribution in [0.2, 0.25) is 0 Å². The number of rotatable bonds is 5. The highest BCUT2D eigenvalue weighted by atomic mass is 16.5. The number of aryl methyl sites for hydroxylation is 1. The molecule has 1 rings (SSSR count). The summed E-state index contributed by atoms with van der Waals surface area (Å²) in [5.41, 5.74) is 2.20. The minimum atomic E-state index is -0.122. The summed E-state index contributed by atoms with van der Waals surface area (Å²) in [5.74, 6) is 0. The number of hydrogen-bond acceptors (Lipinski definition) is 3. The lowest BCUT2D eigenvalue weighted by Crippen LogP contribution is -2.36. The molecule has 1 N–H and O–H groups in total. The third-order valence-electron chi connectivity index (χ3n) is 2.51. The summed E-state index contributed by atoms with van der Waals surface area (Å²) in [4.78, 5) is 4.32. The first kappa shape index (κ1) is 12.1. The van der Waals surface area contributed by atoms with Crippen molar-refractivity contribution >= 4 is 0 Å². The first-order valence-electron chi connectivity index (χ1n) is 5.21. The molecule has 3 nitrogen and oxygen atoms in total. The lowest BCUT2D eigenvalue weighted by atomic mass is 10.1. The van der Waals surface area contributed by atoms with Crippen molar-refractivity contribution in [2.75, 3.05) is 13.7 Å². The van der Waals surface area contributed by atoms with Gasteiger partial charge in [-0.15, -0.1) is 0 Å². The van der Waals surface area contributed by atoms with Crippen molar-refractivity contribution < 1.29 is 4.74 Å². The van der Waals surface area contributed by atoms with Gasteiger partial charge in [0.05, 0.1) is 11.3 Å². The van der Waals surface area contributed by atoms with E-state index < -0.39 is 0 Å². The molecule has 0 radical (unpaired) electrons. The summed E-state index contributed by atoms with van der Waals surface area (Å²) in [6.45, 7) is 7.81. The average Bonchev–Trinajstić information content (AvgIpc) is 2.21. The molecular weight excluding hydrogens is 188 g/mol.